The first kappa shape index (κ1) is 16.1. The molecule has 1 heterocycles. The summed E-state index contributed by atoms with van der Waals surface area (Å²) in [5.41, 5.74) is -4.22. The molecule has 0 bridgehead atoms. The predicted molar refractivity (Wildman–Crippen MR) is 76.8 cm³/mol. The number of aromatic hydroxyl groups is 1. The van der Waals surface area contributed by atoms with Gasteiger partial charge in [-0.3, -0.25) is 25.0 Å². The van der Waals surface area contributed by atoms with E-state index in [0.717, 1.165) is 6.07 Å². The maximum Gasteiger partial charge on any atom is 0.360 e. The Morgan fingerprint density at radius 1 is 1.26 bits per heavy atom. The van der Waals surface area contributed by atoms with E-state index in [-0.39, 0.29) is 22.9 Å². The van der Waals surface area contributed by atoms with Gasteiger partial charge in [-0.1, -0.05) is 6.92 Å². The maximum absolute atomic E-state index is 11.8. The number of phenols is 1. The lowest BCUT2D eigenvalue weighted by molar-refractivity contribution is -0.395. The molecule has 0 spiro atoms. The molecule has 0 radical (unpaired) electrons. The average molecular weight is 322 g/mol. The molecule has 0 aliphatic carbocycles. The predicted octanol–water partition coefficient (Wildman–Crippen LogP) is 2.22. The van der Waals surface area contributed by atoms with Gasteiger partial charge in [-0.2, -0.15) is 0 Å². The minimum Gasteiger partial charge on any atom is -0.497 e. The van der Waals surface area contributed by atoms with Crippen molar-refractivity contribution in [1.29, 1.82) is 0 Å². The quantitative estimate of drug-likeness (QED) is 0.389. The van der Waals surface area contributed by atoms with E-state index in [1.54, 1.807) is 0 Å². The Bertz CT molecular complexity index is 928. The topological polar surface area (TPSA) is 154 Å². The van der Waals surface area contributed by atoms with Gasteiger partial charge in [-0.05, 0) is 13.0 Å². The van der Waals surface area contributed by atoms with Crippen LogP contribution in [0.4, 0.5) is 11.4 Å². The molecule has 23 heavy (non-hydrogen) atoms. The molecule has 2 aromatic rings. The third kappa shape index (κ3) is 2.39. The van der Waals surface area contributed by atoms with Gasteiger partial charge in [0, 0.05) is 17.4 Å². The molecule has 0 saturated heterocycles. The minimum atomic E-state index is -1.21. The third-order valence-corrected chi connectivity index (χ3v) is 3.36. The lowest BCUT2D eigenvalue weighted by Crippen LogP contribution is -2.14. The highest BCUT2D eigenvalue weighted by molar-refractivity contribution is 6.01. The van der Waals surface area contributed by atoms with Crippen LogP contribution in [0.15, 0.2) is 15.3 Å². The monoisotopic (exact) mass is 322 g/mol. The van der Waals surface area contributed by atoms with Gasteiger partial charge in [0.1, 0.15) is 5.56 Å². The summed E-state index contributed by atoms with van der Waals surface area (Å²) >= 11 is 0. The molecule has 0 aliphatic rings. The summed E-state index contributed by atoms with van der Waals surface area (Å²) in [6.07, 6.45) is -0.0163. The lowest BCUT2D eigenvalue weighted by atomic mass is 10.0. The number of Topliss-reactive ketones (excluding diaryl/α,β-unsaturated/α-hetero) is 1. The highest BCUT2D eigenvalue weighted by Gasteiger charge is 2.34. The van der Waals surface area contributed by atoms with Crippen LogP contribution in [0.3, 0.4) is 0 Å². The lowest BCUT2D eigenvalue weighted by Gasteiger charge is -2.07. The van der Waals surface area contributed by atoms with Gasteiger partial charge in [0.15, 0.2) is 5.78 Å². The van der Waals surface area contributed by atoms with Crippen molar-refractivity contribution in [3.8, 4) is 5.75 Å². The van der Waals surface area contributed by atoms with E-state index < -0.39 is 44.0 Å². The number of fused-ring (bicyclic) bond motifs is 1. The van der Waals surface area contributed by atoms with E-state index in [4.69, 9.17) is 4.42 Å². The number of ketones is 1. The molecule has 1 aromatic heterocycles. The van der Waals surface area contributed by atoms with Gasteiger partial charge in [-0.15, -0.1) is 0 Å². The summed E-state index contributed by atoms with van der Waals surface area (Å²) in [5.74, 6) is -1.78. The van der Waals surface area contributed by atoms with Gasteiger partial charge in [0.25, 0.3) is 5.75 Å². The summed E-state index contributed by atoms with van der Waals surface area (Å²) in [4.78, 5) is 43.6. The summed E-state index contributed by atoms with van der Waals surface area (Å²) in [6, 6.07) is 1.02. The van der Waals surface area contributed by atoms with Crippen LogP contribution >= 0.6 is 0 Å². The van der Waals surface area contributed by atoms with E-state index in [1.165, 1.54) is 13.8 Å². The van der Waals surface area contributed by atoms with Crippen molar-refractivity contribution < 1.29 is 24.2 Å². The fourth-order valence-electron chi connectivity index (χ4n) is 2.23. The van der Waals surface area contributed by atoms with Crippen LogP contribution in [0, 0.1) is 27.2 Å². The SMILES string of the molecule is CCC(=O)c1cc2c(C)c([N+](=O)[O-])c(O)c([N+](=O)[O-])c2oc1=O. The second kappa shape index (κ2) is 5.48. The van der Waals surface area contributed by atoms with E-state index in [0.29, 0.717) is 0 Å². The van der Waals surface area contributed by atoms with Crippen molar-refractivity contribution in [2.75, 3.05) is 0 Å². The van der Waals surface area contributed by atoms with Crippen LogP contribution in [-0.4, -0.2) is 20.7 Å². The molecule has 0 saturated carbocycles. The number of benzene rings is 1. The number of nitro groups is 2. The number of nitro benzene ring substituents is 2. The second-order valence-electron chi connectivity index (χ2n) is 4.65. The summed E-state index contributed by atoms with van der Waals surface area (Å²) in [5, 5.41) is 31.8. The van der Waals surface area contributed by atoms with Crippen LogP contribution < -0.4 is 5.63 Å². The van der Waals surface area contributed by atoms with E-state index in [9.17, 15) is 34.9 Å². The number of aryl methyl sites for hydroxylation is 1. The van der Waals surface area contributed by atoms with Gasteiger partial charge in [0.05, 0.1) is 9.85 Å². The Labute approximate surface area is 127 Å². The summed E-state index contributed by atoms with van der Waals surface area (Å²) in [6.45, 7) is 2.73. The van der Waals surface area contributed by atoms with Crippen molar-refractivity contribution in [2.45, 2.75) is 20.3 Å². The number of hydrogen-bond donors (Lipinski definition) is 1. The molecular weight excluding hydrogens is 312 g/mol. The number of nitrogens with zero attached hydrogens (tertiary/aromatic N) is 2. The largest absolute Gasteiger partial charge is 0.497 e. The molecule has 0 unspecified atom stereocenters. The molecular formula is C13H10N2O8. The number of hydrogen-bond acceptors (Lipinski definition) is 8. The third-order valence-electron chi connectivity index (χ3n) is 3.36. The van der Waals surface area contributed by atoms with Gasteiger partial charge in [0.2, 0.25) is 5.58 Å². The van der Waals surface area contributed by atoms with Crippen LogP contribution in [0.1, 0.15) is 29.3 Å². The number of carbonyl (C=O) groups excluding carboxylic acids is 1. The second-order valence-corrected chi connectivity index (χ2v) is 4.65. The van der Waals surface area contributed by atoms with Crippen LogP contribution in [-0.2, 0) is 0 Å². The number of carbonyl (C=O) groups is 1. The molecule has 10 heteroatoms. The van der Waals surface area contributed by atoms with Crippen LogP contribution in [0.2, 0.25) is 0 Å². The first-order valence-electron chi connectivity index (χ1n) is 6.36. The fraction of sp³-hybridized carbons (Fsp3) is 0.231. The first-order chi connectivity index (χ1) is 10.7. The van der Waals surface area contributed by atoms with Crippen LogP contribution in [0.25, 0.3) is 11.0 Å². The van der Waals surface area contributed by atoms with Gasteiger partial charge in [-0.25, -0.2) is 4.79 Å². The highest BCUT2D eigenvalue weighted by atomic mass is 16.6. The Balaban J connectivity index is 3.09. The first-order valence-corrected chi connectivity index (χ1v) is 6.36. The zero-order valence-electron chi connectivity index (χ0n) is 12.0. The van der Waals surface area contributed by atoms with Crippen molar-refractivity contribution in [3.63, 3.8) is 0 Å². The van der Waals surface area contributed by atoms with Crippen molar-refractivity contribution in [2.24, 2.45) is 0 Å². The smallest absolute Gasteiger partial charge is 0.360 e. The molecule has 0 amide bonds. The highest BCUT2D eigenvalue weighted by Crippen LogP contribution is 2.44. The maximum atomic E-state index is 11.8. The standard InChI is InChI=1S/C13H10N2O8/c1-3-8(16)7-4-6-5(2)9(14(19)20)11(17)10(15(21)22)12(6)23-13(7)18/h4,17H,3H2,1-2H3. The Morgan fingerprint density at radius 2 is 1.83 bits per heavy atom. The Kier molecular flexibility index (Phi) is 3.83. The van der Waals surface area contributed by atoms with Crippen molar-refractivity contribution in [1.82, 2.24) is 0 Å². The van der Waals surface area contributed by atoms with Gasteiger partial charge < -0.3 is 9.52 Å². The molecule has 0 aliphatic heterocycles. The Hall–Kier alpha value is -3.30. The van der Waals surface area contributed by atoms with Crippen LogP contribution in [0.5, 0.6) is 5.75 Å². The minimum absolute atomic E-state index is 0.0163. The molecule has 120 valence electrons. The number of rotatable bonds is 4. The molecule has 1 aromatic carbocycles. The zero-order valence-corrected chi connectivity index (χ0v) is 12.0. The van der Waals surface area contributed by atoms with Crippen molar-refractivity contribution >= 4 is 28.1 Å². The van der Waals surface area contributed by atoms with E-state index >= 15 is 0 Å². The molecule has 2 rings (SSSR count). The molecule has 10 nitrogen and oxygen atoms in total. The summed E-state index contributed by atoms with van der Waals surface area (Å²) < 4.78 is 4.80. The van der Waals surface area contributed by atoms with Crippen molar-refractivity contribution in [3.05, 3.63) is 47.8 Å². The molecule has 0 atom stereocenters. The zero-order chi connectivity index (χ0) is 17.5. The average Bonchev–Trinajstić information content (AvgIpc) is 2.45. The van der Waals surface area contributed by atoms with E-state index in [1.807, 2.05) is 0 Å². The molecule has 1 N–H and O–H groups in total. The molecule has 0 fully saturated rings. The fourth-order valence-corrected chi connectivity index (χ4v) is 2.23. The van der Waals surface area contributed by atoms with E-state index in [2.05, 4.69) is 0 Å². The normalized spacial score (nSPS) is 10.7. The summed E-state index contributed by atoms with van der Waals surface area (Å²) in [7, 11) is 0. The Morgan fingerprint density at radius 3 is 2.30 bits per heavy atom. The van der Waals surface area contributed by atoms with Gasteiger partial charge >= 0.3 is 17.0 Å². The number of phenolic OH excluding ortho intramolecular Hbond substituents is 1.